The van der Waals surface area contributed by atoms with Crippen LogP contribution in [-0.4, -0.2) is 28.6 Å². The Morgan fingerprint density at radius 2 is 2.00 bits per heavy atom. The van der Waals surface area contributed by atoms with Crippen LogP contribution in [0.4, 0.5) is 0 Å². The number of carbonyl (C=O) groups excluding carboxylic acids is 1. The number of aliphatic carboxylic acids is 1. The monoisotopic (exact) mass is 242 g/mol. The van der Waals surface area contributed by atoms with Crippen LogP contribution in [-0.2, 0) is 9.59 Å². The van der Waals surface area contributed by atoms with Crippen LogP contribution >= 0.6 is 0 Å². The lowest BCUT2D eigenvalue weighted by Gasteiger charge is -2.37. The summed E-state index contributed by atoms with van der Waals surface area (Å²) in [6, 6.07) is -0.620. The summed E-state index contributed by atoms with van der Waals surface area (Å²) in [4.78, 5) is 23.1. The molecule has 1 aliphatic carbocycles. The molecule has 0 aliphatic heterocycles. The molecule has 0 saturated heterocycles. The van der Waals surface area contributed by atoms with Gasteiger partial charge in [-0.25, -0.2) is 4.79 Å². The summed E-state index contributed by atoms with van der Waals surface area (Å²) in [6.07, 6.45) is 3.15. The van der Waals surface area contributed by atoms with Gasteiger partial charge < -0.3 is 16.2 Å². The molecule has 1 amide bonds. The molecule has 98 valence electrons. The minimum Gasteiger partial charge on any atom is -0.480 e. The van der Waals surface area contributed by atoms with Gasteiger partial charge in [-0.1, -0.05) is 13.8 Å². The Kier molecular flexibility index (Phi) is 4.51. The summed E-state index contributed by atoms with van der Waals surface area (Å²) >= 11 is 0. The standard InChI is InChI=1S/C12H22N2O3/c1-3-9(13)10(15)14-12(11(16)17)6-4-8(2)5-7-12/h8-9H,3-7,13H2,1-2H3,(H,14,15)(H,16,17)/t8?,9-,12?/m0/s1. The lowest BCUT2D eigenvalue weighted by molar-refractivity contribution is -0.149. The van der Waals surface area contributed by atoms with Gasteiger partial charge in [-0.2, -0.15) is 0 Å². The smallest absolute Gasteiger partial charge is 0.329 e. The fraction of sp³-hybridized carbons (Fsp3) is 0.833. The molecule has 0 aromatic carbocycles. The molecule has 0 heterocycles. The first-order valence-electron chi connectivity index (χ1n) is 6.22. The Labute approximate surface area is 102 Å². The Hall–Kier alpha value is -1.10. The van der Waals surface area contributed by atoms with E-state index >= 15 is 0 Å². The summed E-state index contributed by atoms with van der Waals surface area (Å²) in [5, 5.41) is 12.0. The summed E-state index contributed by atoms with van der Waals surface area (Å²) in [5.41, 5.74) is 4.51. The van der Waals surface area contributed by atoms with Crippen LogP contribution in [0.5, 0.6) is 0 Å². The van der Waals surface area contributed by atoms with Crippen LogP contribution in [0.25, 0.3) is 0 Å². The van der Waals surface area contributed by atoms with Gasteiger partial charge in [0, 0.05) is 0 Å². The maximum atomic E-state index is 11.7. The Bertz CT molecular complexity index is 296. The van der Waals surface area contributed by atoms with Gasteiger partial charge in [0.2, 0.25) is 5.91 Å². The van der Waals surface area contributed by atoms with E-state index in [1.807, 2.05) is 0 Å². The van der Waals surface area contributed by atoms with Crippen LogP contribution < -0.4 is 11.1 Å². The third kappa shape index (κ3) is 3.19. The lowest BCUT2D eigenvalue weighted by Crippen LogP contribution is -2.59. The number of nitrogens with two attached hydrogens (primary N) is 1. The van der Waals surface area contributed by atoms with Crippen molar-refractivity contribution in [2.45, 2.75) is 57.5 Å². The first-order valence-corrected chi connectivity index (χ1v) is 6.22. The zero-order chi connectivity index (χ0) is 13.1. The van der Waals surface area contributed by atoms with E-state index in [1.54, 1.807) is 6.92 Å². The van der Waals surface area contributed by atoms with Gasteiger partial charge in [-0.3, -0.25) is 4.79 Å². The molecular weight excluding hydrogens is 220 g/mol. The average molecular weight is 242 g/mol. The van der Waals surface area contributed by atoms with Crippen molar-refractivity contribution in [2.75, 3.05) is 0 Å². The molecule has 1 aliphatic rings. The maximum Gasteiger partial charge on any atom is 0.329 e. The molecule has 0 bridgehead atoms. The van der Waals surface area contributed by atoms with Crippen LogP contribution in [0.3, 0.4) is 0 Å². The van der Waals surface area contributed by atoms with Gasteiger partial charge in [0.25, 0.3) is 0 Å². The van der Waals surface area contributed by atoms with Gasteiger partial charge in [0.05, 0.1) is 6.04 Å². The van der Waals surface area contributed by atoms with Crippen LogP contribution in [0.15, 0.2) is 0 Å². The highest BCUT2D eigenvalue weighted by atomic mass is 16.4. The number of amides is 1. The van der Waals surface area contributed by atoms with Gasteiger partial charge in [-0.05, 0) is 38.0 Å². The number of carbonyl (C=O) groups is 2. The van der Waals surface area contributed by atoms with Gasteiger partial charge >= 0.3 is 5.97 Å². The summed E-state index contributed by atoms with van der Waals surface area (Å²) < 4.78 is 0. The Morgan fingerprint density at radius 3 is 2.41 bits per heavy atom. The third-order valence-electron chi connectivity index (χ3n) is 3.68. The summed E-state index contributed by atoms with van der Waals surface area (Å²) in [5.74, 6) is -0.773. The largest absolute Gasteiger partial charge is 0.480 e. The SMILES string of the molecule is CC[C@H](N)C(=O)NC1(C(=O)O)CCC(C)CC1. The molecule has 4 N–H and O–H groups in total. The first-order chi connectivity index (χ1) is 7.91. The van der Waals surface area contributed by atoms with E-state index in [0.29, 0.717) is 25.2 Å². The van der Waals surface area contributed by atoms with Crippen molar-refractivity contribution < 1.29 is 14.7 Å². The van der Waals surface area contributed by atoms with Crippen molar-refractivity contribution in [1.82, 2.24) is 5.32 Å². The molecular formula is C12H22N2O3. The Balaban J connectivity index is 2.73. The molecule has 0 aromatic heterocycles. The number of hydrogen-bond donors (Lipinski definition) is 3. The number of rotatable bonds is 4. The quantitative estimate of drug-likeness (QED) is 0.682. The molecule has 0 unspecified atom stereocenters. The molecule has 5 heteroatoms. The second-order valence-corrected chi connectivity index (χ2v) is 5.07. The van der Waals surface area contributed by atoms with Crippen molar-refractivity contribution >= 4 is 11.9 Å². The summed E-state index contributed by atoms with van der Waals surface area (Å²) in [6.45, 7) is 3.91. The van der Waals surface area contributed by atoms with E-state index in [9.17, 15) is 14.7 Å². The van der Waals surface area contributed by atoms with Crippen molar-refractivity contribution in [2.24, 2.45) is 11.7 Å². The van der Waals surface area contributed by atoms with E-state index in [0.717, 1.165) is 12.8 Å². The zero-order valence-corrected chi connectivity index (χ0v) is 10.5. The van der Waals surface area contributed by atoms with Crippen LogP contribution in [0.1, 0.15) is 46.0 Å². The second-order valence-electron chi connectivity index (χ2n) is 5.07. The molecule has 0 spiro atoms. The van der Waals surface area contributed by atoms with E-state index < -0.39 is 17.6 Å². The maximum absolute atomic E-state index is 11.7. The lowest BCUT2D eigenvalue weighted by atomic mass is 9.77. The fourth-order valence-corrected chi connectivity index (χ4v) is 2.16. The molecule has 1 saturated carbocycles. The van der Waals surface area contributed by atoms with Crippen molar-refractivity contribution in [1.29, 1.82) is 0 Å². The molecule has 17 heavy (non-hydrogen) atoms. The molecule has 1 rings (SSSR count). The minimum atomic E-state index is -1.10. The van der Waals surface area contributed by atoms with E-state index in [1.165, 1.54) is 0 Å². The number of carboxylic acid groups (broad SMARTS) is 1. The zero-order valence-electron chi connectivity index (χ0n) is 10.5. The van der Waals surface area contributed by atoms with E-state index in [2.05, 4.69) is 12.2 Å². The fourth-order valence-electron chi connectivity index (χ4n) is 2.16. The number of carboxylic acids is 1. The number of hydrogen-bond acceptors (Lipinski definition) is 3. The third-order valence-corrected chi connectivity index (χ3v) is 3.68. The molecule has 0 radical (unpaired) electrons. The highest BCUT2D eigenvalue weighted by Gasteiger charge is 2.42. The predicted molar refractivity (Wildman–Crippen MR) is 64.4 cm³/mol. The topological polar surface area (TPSA) is 92.4 Å². The normalized spacial score (nSPS) is 30.6. The van der Waals surface area contributed by atoms with Crippen molar-refractivity contribution in [3.8, 4) is 0 Å². The summed E-state index contributed by atoms with van der Waals surface area (Å²) in [7, 11) is 0. The molecule has 1 fully saturated rings. The second kappa shape index (κ2) is 5.49. The molecule has 0 aromatic rings. The molecule has 1 atom stereocenters. The average Bonchev–Trinajstić information content (AvgIpc) is 2.30. The minimum absolute atomic E-state index is 0.357. The van der Waals surface area contributed by atoms with E-state index in [4.69, 9.17) is 5.73 Å². The molecule has 5 nitrogen and oxygen atoms in total. The highest BCUT2D eigenvalue weighted by Crippen LogP contribution is 2.32. The Morgan fingerprint density at radius 1 is 1.47 bits per heavy atom. The highest BCUT2D eigenvalue weighted by molar-refractivity contribution is 5.89. The first kappa shape index (κ1) is 14.0. The van der Waals surface area contributed by atoms with Crippen LogP contribution in [0.2, 0.25) is 0 Å². The van der Waals surface area contributed by atoms with Crippen LogP contribution in [0, 0.1) is 5.92 Å². The van der Waals surface area contributed by atoms with Crippen molar-refractivity contribution in [3.05, 3.63) is 0 Å². The number of nitrogens with one attached hydrogen (secondary N) is 1. The predicted octanol–water partition coefficient (Wildman–Crippen LogP) is 0.873. The van der Waals surface area contributed by atoms with Gasteiger partial charge in [-0.15, -0.1) is 0 Å². The van der Waals surface area contributed by atoms with E-state index in [-0.39, 0.29) is 5.91 Å². The van der Waals surface area contributed by atoms with Gasteiger partial charge in [0.15, 0.2) is 0 Å². The van der Waals surface area contributed by atoms with Gasteiger partial charge in [0.1, 0.15) is 5.54 Å². The van der Waals surface area contributed by atoms with Crippen molar-refractivity contribution in [3.63, 3.8) is 0 Å².